The first kappa shape index (κ1) is 21.2. The lowest BCUT2D eigenvalue weighted by Gasteiger charge is -2.24. The number of carbonyl (C=O) groups is 1. The highest BCUT2D eigenvalue weighted by Gasteiger charge is 2.27. The summed E-state index contributed by atoms with van der Waals surface area (Å²) >= 11 is 1.32. The Labute approximate surface area is 189 Å². The van der Waals surface area contributed by atoms with Crippen molar-refractivity contribution in [3.63, 3.8) is 0 Å². The van der Waals surface area contributed by atoms with Crippen LogP contribution in [0.25, 0.3) is 11.3 Å². The molecule has 0 aliphatic rings. The van der Waals surface area contributed by atoms with E-state index >= 15 is 0 Å². The molecule has 0 aliphatic heterocycles. The monoisotopic (exact) mass is 443 g/mol. The molecule has 1 amide bonds. The van der Waals surface area contributed by atoms with Crippen molar-refractivity contribution in [2.75, 3.05) is 4.90 Å². The second-order valence-electron chi connectivity index (χ2n) is 6.93. The number of para-hydroxylation sites is 1. The minimum absolute atomic E-state index is 0.291. The van der Waals surface area contributed by atoms with Crippen LogP contribution in [0.4, 0.5) is 15.2 Å². The molecule has 0 bridgehead atoms. The Balaban J connectivity index is 1.63. The van der Waals surface area contributed by atoms with Gasteiger partial charge in [0.15, 0.2) is 11.2 Å². The molecule has 0 aliphatic carbocycles. The molecule has 1 atom stereocenters. The lowest BCUT2D eigenvalue weighted by Crippen LogP contribution is -2.37. The van der Waals surface area contributed by atoms with E-state index in [9.17, 15) is 9.18 Å². The maximum atomic E-state index is 13.4. The summed E-state index contributed by atoms with van der Waals surface area (Å²) in [5, 5.41) is 11.3. The fourth-order valence-electron chi connectivity index (χ4n) is 3.07. The molecule has 0 fully saturated rings. The molecule has 4 rings (SSSR count). The quantitative estimate of drug-likeness (QED) is 0.369. The molecule has 0 unspecified atom stereocenters. The van der Waals surface area contributed by atoms with Crippen LogP contribution >= 0.6 is 11.3 Å². The SMILES string of the molecule is C[C@@H](Oc1ccc(C#N)cc1)C(=O)N(c1ccccc1)c1nc(-c2ccc(F)cc2)cs1. The van der Waals surface area contributed by atoms with Gasteiger partial charge in [-0.1, -0.05) is 18.2 Å². The number of carbonyl (C=O) groups excluding carboxylic acids is 1. The van der Waals surface area contributed by atoms with Crippen molar-refractivity contribution in [2.45, 2.75) is 13.0 Å². The summed E-state index contributed by atoms with van der Waals surface area (Å²) < 4.78 is 19.1. The summed E-state index contributed by atoms with van der Waals surface area (Å²) in [6.07, 6.45) is -0.804. The molecule has 5 nitrogen and oxygen atoms in total. The van der Waals surface area contributed by atoms with E-state index in [0.717, 1.165) is 5.56 Å². The van der Waals surface area contributed by atoms with Crippen LogP contribution in [0.3, 0.4) is 0 Å². The number of ether oxygens (including phenoxy) is 1. The molecular formula is C25H18FN3O2S. The second-order valence-corrected chi connectivity index (χ2v) is 7.76. The van der Waals surface area contributed by atoms with Gasteiger partial charge in [-0.2, -0.15) is 5.26 Å². The van der Waals surface area contributed by atoms with Gasteiger partial charge in [0.05, 0.1) is 23.0 Å². The Morgan fingerprint density at radius 2 is 1.75 bits per heavy atom. The first-order valence-electron chi connectivity index (χ1n) is 9.82. The van der Waals surface area contributed by atoms with E-state index < -0.39 is 6.10 Å². The fourth-order valence-corrected chi connectivity index (χ4v) is 3.93. The average Bonchev–Trinajstić information content (AvgIpc) is 3.30. The number of hydrogen-bond donors (Lipinski definition) is 0. The van der Waals surface area contributed by atoms with E-state index in [-0.39, 0.29) is 11.7 Å². The maximum Gasteiger partial charge on any atom is 0.274 e. The summed E-state index contributed by atoms with van der Waals surface area (Å²) in [5.41, 5.74) is 2.58. The highest BCUT2D eigenvalue weighted by Crippen LogP contribution is 2.33. The van der Waals surface area contributed by atoms with E-state index in [1.807, 2.05) is 35.7 Å². The van der Waals surface area contributed by atoms with E-state index in [1.165, 1.54) is 28.4 Å². The van der Waals surface area contributed by atoms with Crippen molar-refractivity contribution in [2.24, 2.45) is 0 Å². The largest absolute Gasteiger partial charge is 0.481 e. The molecule has 0 saturated heterocycles. The lowest BCUT2D eigenvalue weighted by molar-refractivity contribution is -0.123. The second kappa shape index (κ2) is 9.41. The normalized spacial score (nSPS) is 11.4. The molecule has 7 heteroatoms. The third-order valence-corrected chi connectivity index (χ3v) is 5.53. The van der Waals surface area contributed by atoms with Crippen molar-refractivity contribution < 1.29 is 13.9 Å². The number of rotatable bonds is 6. The van der Waals surface area contributed by atoms with Gasteiger partial charge in [-0.25, -0.2) is 9.37 Å². The summed E-state index contributed by atoms with van der Waals surface area (Å²) in [6, 6.07) is 23.9. The highest BCUT2D eigenvalue weighted by molar-refractivity contribution is 7.14. The van der Waals surface area contributed by atoms with Gasteiger partial charge in [0, 0.05) is 10.9 Å². The molecular weight excluding hydrogens is 425 g/mol. The summed E-state index contributed by atoms with van der Waals surface area (Å²) in [6.45, 7) is 1.67. The summed E-state index contributed by atoms with van der Waals surface area (Å²) in [5.74, 6) is -0.122. The Morgan fingerprint density at radius 3 is 2.41 bits per heavy atom. The standard InChI is InChI=1S/C25H18FN3O2S/c1-17(31-22-13-7-18(15-27)8-14-22)24(30)29(21-5-3-2-4-6-21)25-28-23(16-32-25)19-9-11-20(26)12-10-19/h2-14,16-17H,1H3/t17-/m1/s1. The molecule has 3 aromatic carbocycles. The van der Waals surface area contributed by atoms with Crippen LogP contribution in [0.2, 0.25) is 0 Å². The van der Waals surface area contributed by atoms with Crippen molar-refractivity contribution in [3.8, 4) is 23.1 Å². The van der Waals surface area contributed by atoms with E-state index in [4.69, 9.17) is 10.00 Å². The number of hydrogen-bond acceptors (Lipinski definition) is 5. The van der Waals surface area contributed by atoms with Gasteiger partial charge in [0.25, 0.3) is 5.91 Å². The molecule has 0 N–H and O–H groups in total. The Kier molecular flexibility index (Phi) is 6.24. The van der Waals surface area contributed by atoms with E-state index in [1.54, 1.807) is 43.3 Å². The van der Waals surface area contributed by atoms with Crippen LogP contribution in [-0.2, 0) is 4.79 Å². The van der Waals surface area contributed by atoms with E-state index in [2.05, 4.69) is 11.1 Å². The minimum Gasteiger partial charge on any atom is -0.481 e. The topological polar surface area (TPSA) is 66.2 Å². The summed E-state index contributed by atoms with van der Waals surface area (Å²) in [7, 11) is 0. The Bertz CT molecular complexity index is 1250. The zero-order valence-electron chi connectivity index (χ0n) is 17.1. The molecule has 1 aromatic heterocycles. The van der Waals surface area contributed by atoms with Crippen LogP contribution in [0.15, 0.2) is 84.2 Å². The number of thiazole rings is 1. The van der Waals surface area contributed by atoms with Gasteiger partial charge in [-0.15, -0.1) is 11.3 Å². The molecule has 1 heterocycles. The van der Waals surface area contributed by atoms with Gasteiger partial charge in [0.2, 0.25) is 0 Å². The van der Waals surface area contributed by atoms with Crippen LogP contribution in [0.1, 0.15) is 12.5 Å². The van der Waals surface area contributed by atoms with Gasteiger partial charge < -0.3 is 4.74 Å². The number of benzene rings is 3. The first-order valence-corrected chi connectivity index (χ1v) is 10.7. The predicted octanol–water partition coefficient (Wildman–Crippen LogP) is 5.95. The first-order chi connectivity index (χ1) is 15.5. The van der Waals surface area contributed by atoms with Crippen molar-refractivity contribution in [1.82, 2.24) is 4.98 Å². The van der Waals surface area contributed by atoms with Crippen LogP contribution < -0.4 is 9.64 Å². The van der Waals surface area contributed by atoms with Gasteiger partial charge in [-0.3, -0.25) is 9.69 Å². The van der Waals surface area contributed by atoms with Crippen molar-refractivity contribution >= 4 is 28.1 Å². The highest BCUT2D eigenvalue weighted by atomic mass is 32.1. The third-order valence-electron chi connectivity index (χ3n) is 4.70. The van der Waals surface area contributed by atoms with Crippen molar-refractivity contribution in [1.29, 1.82) is 5.26 Å². The molecule has 0 spiro atoms. The fraction of sp³-hybridized carbons (Fsp3) is 0.0800. The number of anilines is 2. The zero-order valence-corrected chi connectivity index (χ0v) is 17.9. The van der Waals surface area contributed by atoms with Gasteiger partial charge >= 0.3 is 0 Å². The molecule has 32 heavy (non-hydrogen) atoms. The predicted molar refractivity (Wildman–Crippen MR) is 122 cm³/mol. The van der Waals surface area contributed by atoms with Crippen LogP contribution in [-0.4, -0.2) is 17.0 Å². The average molecular weight is 444 g/mol. The van der Waals surface area contributed by atoms with Gasteiger partial charge in [0.1, 0.15) is 11.6 Å². The van der Waals surface area contributed by atoms with Crippen LogP contribution in [0.5, 0.6) is 5.75 Å². The Hall–Kier alpha value is -4.02. The molecule has 0 radical (unpaired) electrons. The molecule has 158 valence electrons. The number of halogens is 1. The van der Waals surface area contributed by atoms with Gasteiger partial charge in [-0.05, 0) is 67.6 Å². The van der Waals surface area contributed by atoms with E-state index in [0.29, 0.717) is 27.8 Å². The number of aromatic nitrogens is 1. The van der Waals surface area contributed by atoms with Crippen LogP contribution in [0, 0.1) is 17.1 Å². The van der Waals surface area contributed by atoms with Crippen molar-refractivity contribution in [3.05, 3.63) is 95.6 Å². The number of amides is 1. The number of nitriles is 1. The minimum atomic E-state index is -0.804. The smallest absolute Gasteiger partial charge is 0.274 e. The maximum absolute atomic E-state index is 13.4. The third kappa shape index (κ3) is 4.66. The Morgan fingerprint density at radius 1 is 1.06 bits per heavy atom. The summed E-state index contributed by atoms with van der Waals surface area (Å²) in [4.78, 5) is 19.6. The lowest BCUT2D eigenvalue weighted by atomic mass is 10.2. The number of nitrogens with zero attached hydrogens (tertiary/aromatic N) is 3. The molecule has 4 aromatic rings. The zero-order chi connectivity index (χ0) is 22.5. The molecule has 0 saturated carbocycles.